The number of aromatic nitrogens is 3. The van der Waals surface area contributed by atoms with E-state index in [9.17, 15) is 5.11 Å². The van der Waals surface area contributed by atoms with Crippen LogP contribution in [0.5, 0.6) is 0 Å². The summed E-state index contributed by atoms with van der Waals surface area (Å²) in [5.41, 5.74) is 1.96. The fourth-order valence-electron chi connectivity index (χ4n) is 1.41. The summed E-state index contributed by atoms with van der Waals surface area (Å²) in [6.07, 6.45) is 6.65. The molecule has 4 nitrogen and oxygen atoms in total. The molecular weight excluding hydrogens is 202 g/mol. The van der Waals surface area contributed by atoms with E-state index in [0.717, 1.165) is 11.1 Å². The van der Waals surface area contributed by atoms with Crippen molar-refractivity contribution in [3.05, 3.63) is 53.9 Å². The monoisotopic (exact) mass is 215 g/mol. The molecule has 2 rings (SSSR count). The van der Waals surface area contributed by atoms with Crippen LogP contribution in [0.4, 0.5) is 0 Å². The molecule has 1 N–H and O–H groups in total. The maximum absolute atomic E-state index is 9.91. The molecule has 1 unspecified atom stereocenters. The van der Waals surface area contributed by atoms with Crippen LogP contribution in [0.3, 0.4) is 0 Å². The number of nitrogens with zero attached hydrogens (tertiary/aromatic N) is 3. The smallest absolute Gasteiger partial charge is 0.157 e. The second kappa shape index (κ2) is 4.81. The molecule has 1 atom stereocenters. The maximum Gasteiger partial charge on any atom is 0.157 e. The van der Waals surface area contributed by atoms with Crippen molar-refractivity contribution in [1.82, 2.24) is 15.0 Å². The molecule has 0 aliphatic rings. The normalized spacial score (nSPS) is 12.4. The Morgan fingerprint density at radius 3 is 2.62 bits per heavy atom. The largest absolute Gasteiger partial charge is 0.385 e. The van der Waals surface area contributed by atoms with Crippen LogP contribution in [0.15, 0.2) is 36.9 Å². The molecule has 0 radical (unpaired) electrons. The summed E-state index contributed by atoms with van der Waals surface area (Å²) in [5, 5.41) is 9.91. The Morgan fingerprint density at radius 1 is 1.25 bits per heavy atom. The highest BCUT2D eigenvalue weighted by Gasteiger charge is 2.11. The molecule has 2 aromatic heterocycles. The molecule has 0 saturated carbocycles. The maximum atomic E-state index is 9.91. The minimum atomic E-state index is -0.676. The Morgan fingerprint density at radius 2 is 2.00 bits per heavy atom. The lowest BCUT2D eigenvalue weighted by molar-refractivity contribution is 0.168. The predicted octanol–water partition coefficient (Wildman–Crippen LogP) is 1.46. The standard InChI is InChI=1S/C12H13N3O/c1-9-6-14-12(15-7-9)11(16)5-10-3-2-4-13-8-10/h2-4,6-8,11,16H,5H2,1H3. The van der Waals surface area contributed by atoms with Crippen LogP contribution in [0.1, 0.15) is 23.1 Å². The van der Waals surface area contributed by atoms with Crippen molar-refractivity contribution < 1.29 is 5.11 Å². The van der Waals surface area contributed by atoms with E-state index in [-0.39, 0.29) is 0 Å². The second-order valence-corrected chi connectivity index (χ2v) is 3.70. The van der Waals surface area contributed by atoms with Gasteiger partial charge in [-0.2, -0.15) is 0 Å². The summed E-state index contributed by atoms with van der Waals surface area (Å²) >= 11 is 0. The van der Waals surface area contributed by atoms with Gasteiger partial charge in [-0.25, -0.2) is 9.97 Å². The van der Waals surface area contributed by atoms with Crippen molar-refractivity contribution >= 4 is 0 Å². The Balaban J connectivity index is 2.09. The molecule has 0 bridgehead atoms. The van der Waals surface area contributed by atoms with E-state index in [1.165, 1.54) is 0 Å². The lowest BCUT2D eigenvalue weighted by Crippen LogP contribution is -2.06. The zero-order valence-electron chi connectivity index (χ0n) is 9.04. The Hall–Kier alpha value is -1.81. The van der Waals surface area contributed by atoms with Gasteiger partial charge in [-0.15, -0.1) is 0 Å². The average Bonchev–Trinajstić information content (AvgIpc) is 2.31. The van der Waals surface area contributed by atoms with Gasteiger partial charge in [-0.1, -0.05) is 6.07 Å². The molecule has 16 heavy (non-hydrogen) atoms. The third-order valence-electron chi connectivity index (χ3n) is 2.25. The SMILES string of the molecule is Cc1cnc(C(O)Cc2cccnc2)nc1. The highest BCUT2D eigenvalue weighted by molar-refractivity contribution is 5.12. The van der Waals surface area contributed by atoms with E-state index >= 15 is 0 Å². The van der Waals surface area contributed by atoms with Crippen molar-refractivity contribution in [3.8, 4) is 0 Å². The van der Waals surface area contributed by atoms with Crippen molar-refractivity contribution in [2.75, 3.05) is 0 Å². The van der Waals surface area contributed by atoms with E-state index < -0.39 is 6.10 Å². The number of hydrogen-bond donors (Lipinski definition) is 1. The summed E-state index contributed by atoms with van der Waals surface area (Å²) < 4.78 is 0. The lowest BCUT2D eigenvalue weighted by atomic mass is 10.1. The first-order valence-electron chi connectivity index (χ1n) is 5.11. The number of aliphatic hydroxyl groups is 1. The third-order valence-corrected chi connectivity index (χ3v) is 2.25. The van der Waals surface area contributed by atoms with Crippen LogP contribution in [0, 0.1) is 6.92 Å². The number of pyridine rings is 1. The molecule has 0 aliphatic heterocycles. The number of aliphatic hydroxyl groups excluding tert-OH is 1. The highest BCUT2D eigenvalue weighted by atomic mass is 16.3. The van der Waals surface area contributed by atoms with Crippen LogP contribution in [-0.4, -0.2) is 20.1 Å². The zero-order chi connectivity index (χ0) is 11.4. The molecule has 4 heteroatoms. The molecule has 0 spiro atoms. The Bertz CT molecular complexity index is 442. The lowest BCUT2D eigenvalue weighted by Gasteiger charge is -2.08. The van der Waals surface area contributed by atoms with Crippen molar-refractivity contribution in [2.45, 2.75) is 19.4 Å². The van der Waals surface area contributed by atoms with Gasteiger partial charge in [-0.3, -0.25) is 4.98 Å². The van der Waals surface area contributed by atoms with Crippen molar-refractivity contribution in [2.24, 2.45) is 0 Å². The van der Waals surface area contributed by atoms with E-state index in [0.29, 0.717) is 12.2 Å². The number of aryl methyl sites for hydroxylation is 1. The molecular formula is C12H13N3O. The average molecular weight is 215 g/mol. The Labute approximate surface area is 94.0 Å². The number of hydrogen-bond acceptors (Lipinski definition) is 4. The van der Waals surface area contributed by atoms with Crippen molar-refractivity contribution in [3.63, 3.8) is 0 Å². The van der Waals surface area contributed by atoms with Gasteiger partial charge in [0.25, 0.3) is 0 Å². The summed E-state index contributed by atoms with van der Waals surface area (Å²) in [6.45, 7) is 1.91. The van der Waals surface area contributed by atoms with Gasteiger partial charge < -0.3 is 5.11 Å². The van der Waals surface area contributed by atoms with Gasteiger partial charge in [0.1, 0.15) is 6.10 Å². The number of rotatable bonds is 3. The first-order valence-corrected chi connectivity index (χ1v) is 5.11. The Kier molecular flexibility index (Phi) is 3.22. The van der Waals surface area contributed by atoms with E-state index in [1.807, 2.05) is 19.1 Å². The molecule has 82 valence electrons. The zero-order valence-corrected chi connectivity index (χ0v) is 9.04. The fraction of sp³-hybridized carbons (Fsp3) is 0.250. The van der Waals surface area contributed by atoms with Crippen LogP contribution in [0.25, 0.3) is 0 Å². The quantitative estimate of drug-likeness (QED) is 0.842. The summed E-state index contributed by atoms with van der Waals surface area (Å²) in [6, 6.07) is 3.77. The van der Waals surface area contributed by atoms with E-state index in [4.69, 9.17) is 0 Å². The molecule has 0 amide bonds. The fourth-order valence-corrected chi connectivity index (χ4v) is 1.41. The topological polar surface area (TPSA) is 58.9 Å². The van der Waals surface area contributed by atoms with Gasteiger partial charge in [0.2, 0.25) is 0 Å². The molecule has 2 heterocycles. The second-order valence-electron chi connectivity index (χ2n) is 3.70. The van der Waals surface area contributed by atoms with Crippen LogP contribution >= 0.6 is 0 Å². The molecule has 0 aliphatic carbocycles. The van der Waals surface area contributed by atoms with E-state index in [1.54, 1.807) is 24.8 Å². The predicted molar refractivity (Wildman–Crippen MR) is 59.7 cm³/mol. The molecule has 0 saturated heterocycles. The molecule has 0 aromatic carbocycles. The van der Waals surface area contributed by atoms with Gasteiger partial charge >= 0.3 is 0 Å². The van der Waals surface area contributed by atoms with Crippen LogP contribution in [-0.2, 0) is 6.42 Å². The highest BCUT2D eigenvalue weighted by Crippen LogP contribution is 2.13. The summed E-state index contributed by atoms with van der Waals surface area (Å²) in [4.78, 5) is 12.2. The summed E-state index contributed by atoms with van der Waals surface area (Å²) in [7, 11) is 0. The summed E-state index contributed by atoms with van der Waals surface area (Å²) in [5.74, 6) is 0.453. The van der Waals surface area contributed by atoms with Crippen molar-refractivity contribution in [1.29, 1.82) is 0 Å². The van der Waals surface area contributed by atoms with Gasteiger partial charge in [0.15, 0.2) is 5.82 Å². The molecule has 0 fully saturated rings. The minimum Gasteiger partial charge on any atom is -0.385 e. The third kappa shape index (κ3) is 2.61. The van der Waals surface area contributed by atoms with Gasteiger partial charge in [-0.05, 0) is 24.1 Å². The van der Waals surface area contributed by atoms with Gasteiger partial charge in [0.05, 0.1) is 0 Å². The van der Waals surface area contributed by atoms with Gasteiger partial charge in [0, 0.05) is 31.2 Å². The first-order chi connectivity index (χ1) is 7.75. The van der Waals surface area contributed by atoms with Crippen LogP contribution < -0.4 is 0 Å². The van der Waals surface area contributed by atoms with Crippen LogP contribution in [0.2, 0.25) is 0 Å². The molecule has 2 aromatic rings. The minimum absolute atomic E-state index is 0.453. The van der Waals surface area contributed by atoms with E-state index in [2.05, 4.69) is 15.0 Å². The first kappa shape index (κ1) is 10.7.